The molecule has 2 aromatic rings. The molecule has 2 N–H and O–H groups in total. The van der Waals surface area contributed by atoms with Crippen LogP contribution in [0.3, 0.4) is 0 Å². The van der Waals surface area contributed by atoms with E-state index in [0.29, 0.717) is 24.6 Å². The monoisotopic (exact) mass is 413 g/mol. The van der Waals surface area contributed by atoms with Gasteiger partial charge >= 0.3 is 0 Å². The number of carbonyl (C=O) groups is 1. The van der Waals surface area contributed by atoms with Crippen molar-refractivity contribution in [3.8, 4) is 17.6 Å². The van der Waals surface area contributed by atoms with Crippen LogP contribution in [0.4, 0.5) is 0 Å². The average molecular weight is 414 g/mol. The Labute approximate surface area is 159 Å². The maximum atomic E-state index is 12.2. The highest BCUT2D eigenvalue weighted by molar-refractivity contribution is 9.10. The van der Waals surface area contributed by atoms with Gasteiger partial charge in [-0.15, -0.1) is 0 Å². The van der Waals surface area contributed by atoms with E-state index in [9.17, 15) is 10.1 Å². The van der Waals surface area contributed by atoms with Crippen LogP contribution in [0, 0.1) is 11.3 Å². The zero-order valence-electron chi connectivity index (χ0n) is 13.8. The van der Waals surface area contributed by atoms with Gasteiger partial charge in [-0.3, -0.25) is 4.79 Å². The van der Waals surface area contributed by atoms with Gasteiger partial charge in [0.25, 0.3) is 5.91 Å². The topological polar surface area (TPSA) is 83.4 Å². The van der Waals surface area contributed by atoms with Gasteiger partial charge in [0.2, 0.25) is 6.79 Å². The number of amides is 1. The van der Waals surface area contributed by atoms with Gasteiger partial charge in [0, 0.05) is 23.8 Å². The number of carbonyl (C=O) groups excluding carboxylic acids is 1. The van der Waals surface area contributed by atoms with E-state index >= 15 is 0 Å². The Morgan fingerprint density at radius 1 is 1.12 bits per heavy atom. The third-order valence-electron chi connectivity index (χ3n) is 3.72. The molecule has 26 heavy (non-hydrogen) atoms. The molecule has 2 aromatic carbocycles. The zero-order chi connectivity index (χ0) is 18.4. The molecule has 132 valence electrons. The molecule has 7 heteroatoms. The smallest absolute Gasteiger partial charge is 0.263 e. The van der Waals surface area contributed by atoms with Crippen LogP contribution >= 0.6 is 15.9 Å². The lowest BCUT2D eigenvalue weighted by Crippen LogP contribution is -2.25. The number of fused-ring (bicyclic) bond motifs is 1. The van der Waals surface area contributed by atoms with Gasteiger partial charge in [-0.1, -0.05) is 34.1 Å². The lowest BCUT2D eigenvalue weighted by atomic mass is 10.2. The first-order valence-electron chi connectivity index (χ1n) is 7.90. The summed E-state index contributed by atoms with van der Waals surface area (Å²) in [6, 6.07) is 15.1. The van der Waals surface area contributed by atoms with Crippen molar-refractivity contribution in [2.75, 3.05) is 6.79 Å². The van der Waals surface area contributed by atoms with Crippen LogP contribution in [-0.4, -0.2) is 12.7 Å². The number of benzene rings is 2. The van der Waals surface area contributed by atoms with Crippen molar-refractivity contribution in [3.05, 3.63) is 69.8 Å². The second-order valence-corrected chi connectivity index (χ2v) is 6.46. The largest absolute Gasteiger partial charge is 0.454 e. The van der Waals surface area contributed by atoms with Gasteiger partial charge in [-0.2, -0.15) is 5.26 Å². The third kappa shape index (κ3) is 4.55. The molecular weight excluding hydrogens is 398 g/mol. The second kappa shape index (κ2) is 8.41. The minimum Gasteiger partial charge on any atom is -0.454 e. The standard InChI is InChI=1S/C19H16BrN3O3/c20-16-4-1-13(2-5-16)9-22-11-15(8-21)19(24)23-10-14-3-6-17-18(7-14)26-12-25-17/h1-7,11,22H,9-10,12H2,(H,23,24)/b15-11-. The summed E-state index contributed by atoms with van der Waals surface area (Å²) in [6.45, 7) is 1.02. The number of ether oxygens (including phenoxy) is 2. The molecule has 6 nitrogen and oxygen atoms in total. The molecule has 0 unspecified atom stereocenters. The van der Waals surface area contributed by atoms with Gasteiger partial charge in [0.15, 0.2) is 11.5 Å². The number of nitrogens with zero attached hydrogens (tertiary/aromatic N) is 1. The first kappa shape index (κ1) is 17.8. The summed E-state index contributed by atoms with van der Waals surface area (Å²) < 4.78 is 11.6. The maximum Gasteiger partial charge on any atom is 0.263 e. The summed E-state index contributed by atoms with van der Waals surface area (Å²) in [5.74, 6) is 0.910. The number of rotatable bonds is 6. The van der Waals surface area contributed by atoms with Crippen LogP contribution < -0.4 is 20.1 Å². The normalized spacial score (nSPS) is 12.4. The molecule has 3 rings (SSSR count). The zero-order valence-corrected chi connectivity index (χ0v) is 15.4. The predicted molar refractivity (Wildman–Crippen MR) is 99.1 cm³/mol. The van der Waals surface area contributed by atoms with Crippen molar-refractivity contribution < 1.29 is 14.3 Å². The Balaban J connectivity index is 1.53. The van der Waals surface area contributed by atoms with Crippen molar-refractivity contribution >= 4 is 21.8 Å². The summed E-state index contributed by atoms with van der Waals surface area (Å²) in [7, 11) is 0. The van der Waals surface area contributed by atoms with E-state index in [1.54, 1.807) is 6.07 Å². The molecule has 1 heterocycles. The van der Waals surface area contributed by atoms with Gasteiger partial charge < -0.3 is 20.1 Å². The molecule has 0 saturated carbocycles. The first-order chi connectivity index (χ1) is 12.7. The second-order valence-electron chi connectivity index (χ2n) is 5.55. The van der Waals surface area contributed by atoms with Crippen LogP contribution in [-0.2, 0) is 17.9 Å². The van der Waals surface area contributed by atoms with E-state index < -0.39 is 5.91 Å². The molecule has 0 radical (unpaired) electrons. The minimum absolute atomic E-state index is 0.0165. The third-order valence-corrected chi connectivity index (χ3v) is 4.25. The molecule has 1 aliphatic heterocycles. The van der Waals surface area contributed by atoms with E-state index in [2.05, 4.69) is 26.6 Å². The molecule has 0 aliphatic carbocycles. The van der Waals surface area contributed by atoms with Crippen molar-refractivity contribution in [1.29, 1.82) is 5.26 Å². The number of nitrogens with one attached hydrogen (secondary N) is 2. The molecule has 1 aliphatic rings. The minimum atomic E-state index is -0.437. The Hall–Kier alpha value is -2.98. The molecular formula is C19H16BrN3O3. The average Bonchev–Trinajstić information content (AvgIpc) is 3.12. The molecule has 0 saturated heterocycles. The number of hydrogen-bond donors (Lipinski definition) is 2. The van der Waals surface area contributed by atoms with E-state index in [1.807, 2.05) is 42.5 Å². The first-order valence-corrected chi connectivity index (χ1v) is 8.70. The molecule has 0 bridgehead atoms. The fraction of sp³-hybridized carbons (Fsp3) is 0.158. The Morgan fingerprint density at radius 2 is 1.85 bits per heavy atom. The Kier molecular flexibility index (Phi) is 5.77. The maximum absolute atomic E-state index is 12.2. The lowest BCUT2D eigenvalue weighted by molar-refractivity contribution is -0.117. The van der Waals surface area contributed by atoms with E-state index in [-0.39, 0.29) is 12.4 Å². The van der Waals surface area contributed by atoms with E-state index in [1.165, 1.54) is 6.20 Å². The quantitative estimate of drug-likeness (QED) is 0.561. The highest BCUT2D eigenvalue weighted by Gasteiger charge is 2.14. The lowest BCUT2D eigenvalue weighted by Gasteiger charge is -2.06. The Morgan fingerprint density at radius 3 is 2.62 bits per heavy atom. The highest BCUT2D eigenvalue weighted by Crippen LogP contribution is 2.32. The molecule has 0 fully saturated rings. The van der Waals surface area contributed by atoms with Gasteiger partial charge in [0.05, 0.1) is 0 Å². The van der Waals surface area contributed by atoms with Crippen molar-refractivity contribution in [2.24, 2.45) is 0 Å². The summed E-state index contributed by atoms with van der Waals surface area (Å²) >= 11 is 3.38. The summed E-state index contributed by atoms with van der Waals surface area (Å²) in [5.41, 5.74) is 1.92. The fourth-order valence-electron chi connectivity index (χ4n) is 2.35. The van der Waals surface area contributed by atoms with E-state index in [4.69, 9.17) is 9.47 Å². The number of hydrogen-bond acceptors (Lipinski definition) is 5. The van der Waals surface area contributed by atoms with Gasteiger partial charge in [-0.25, -0.2) is 0 Å². The number of halogens is 1. The Bertz CT molecular complexity index is 873. The van der Waals surface area contributed by atoms with Crippen molar-refractivity contribution in [2.45, 2.75) is 13.1 Å². The SMILES string of the molecule is N#C/C(=C/NCc1ccc(Br)cc1)C(=O)NCc1ccc2c(c1)OCO2. The van der Waals surface area contributed by atoms with Gasteiger partial charge in [0.1, 0.15) is 11.6 Å². The van der Waals surface area contributed by atoms with Crippen LogP contribution in [0.15, 0.2) is 58.7 Å². The summed E-state index contributed by atoms with van der Waals surface area (Å²) in [4.78, 5) is 12.2. The highest BCUT2D eigenvalue weighted by atomic mass is 79.9. The molecule has 0 spiro atoms. The summed E-state index contributed by atoms with van der Waals surface area (Å²) in [5, 5.41) is 14.9. The number of nitriles is 1. The van der Waals surface area contributed by atoms with Crippen LogP contribution in [0.1, 0.15) is 11.1 Å². The van der Waals surface area contributed by atoms with E-state index in [0.717, 1.165) is 15.6 Å². The fourth-order valence-corrected chi connectivity index (χ4v) is 2.61. The molecule has 0 aromatic heterocycles. The molecule has 1 amide bonds. The van der Waals surface area contributed by atoms with Crippen molar-refractivity contribution in [3.63, 3.8) is 0 Å². The molecule has 0 atom stereocenters. The summed E-state index contributed by atoms with van der Waals surface area (Å²) in [6.07, 6.45) is 1.43. The van der Waals surface area contributed by atoms with Gasteiger partial charge in [-0.05, 0) is 35.4 Å². The van der Waals surface area contributed by atoms with Crippen molar-refractivity contribution in [1.82, 2.24) is 10.6 Å². The van der Waals surface area contributed by atoms with Crippen LogP contribution in [0.2, 0.25) is 0 Å². The van der Waals surface area contributed by atoms with Crippen LogP contribution in [0.5, 0.6) is 11.5 Å². The predicted octanol–water partition coefficient (Wildman–Crippen LogP) is 2.99. The van der Waals surface area contributed by atoms with Crippen LogP contribution in [0.25, 0.3) is 0 Å².